The zero-order valence-electron chi connectivity index (χ0n) is 15.7. The van der Waals surface area contributed by atoms with E-state index in [1.165, 1.54) is 10.1 Å². The first-order valence-electron chi connectivity index (χ1n) is 9.09. The maximum Gasteiger partial charge on any atom is 0.262 e. The molecule has 2 aromatic carbocycles. The first kappa shape index (κ1) is 19.0. The SMILES string of the molecule is CCC(NC(=O)c1ccc2c(=O)n(CC)c(=S)[nH]c2c1)c1ccc(C)cc1. The monoisotopic (exact) mass is 381 g/mol. The Balaban J connectivity index is 1.92. The first-order valence-corrected chi connectivity index (χ1v) is 9.49. The smallest absolute Gasteiger partial charge is 0.262 e. The molecule has 140 valence electrons. The van der Waals surface area contributed by atoms with Gasteiger partial charge >= 0.3 is 0 Å². The van der Waals surface area contributed by atoms with Crippen LogP contribution in [-0.4, -0.2) is 15.5 Å². The third kappa shape index (κ3) is 3.85. The van der Waals surface area contributed by atoms with Gasteiger partial charge in [0, 0.05) is 12.1 Å². The van der Waals surface area contributed by atoms with Crippen LogP contribution in [0.15, 0.2) is 47.3 Å². The summed E-state index contributed by atoms with van der Waals surface area (Å²) in [4.78, 5) is 28.3. The number of nitrogens with zero attached hydrogens (tertiary/aromatic N) is 1. The van der Waals surface area contributed by atoms with Crippen molar-refractivity contribution in [2.24, 2.45) is 0 Å². The number of fused-ring (bicyclic) bond motifs is 1. The van der Waals surface area contributed by atoms with Gasteiger partial charge in [0.15, 0.2) is 4.77 Å². The Kier molecular flexibility index (Phi) is 5.56. The van der Waals surface area contributed by atoms with Crippen LogP contribution in [0.2, 0.25) is 0 Å². The molecule has 6 heteroatoms. The van der Waals surface area contributed by atoms with Crippen molar-refractivity contribution in [1.82, 2.24) is 14.9 Å². The van der Waals surface area contributed by atoms with E-state index >= 15 is 0 Å². The number of hydrogen-bond acceptors (Lipinski definition) is 3. The van der Waals surface area contributed by atoms with Gasteiger partial charge in [0.25, 0.3) is 11.5 Å². The molecule has 0 aliphatic heterocycles. The highest BCUT2D eigenvalue weighted by Gasteiger charge is 2.15. The van der Waals surface area contributed by atoms with Gasteiger partial charge in [0.2, 0.25) is 0 Å². The Morgan fingerprint density at radius 1 is 1.19 bits per heavy atom. The lowest BCUT2D eigenvalue weighted by atomic mass is 10.0. The number of aryl methyl sites for hydroxylation is 1. The van der Waals surface area contributed by atoms with Crippen LogP contribution in [0, 0.1) is 11.7 Å². The predicted molar refractivity (Wildman–Crippen MR) is 111 cm³/mol. The van der Waals surface area contributed by atoms with Crippen molar-refractivity contribution in [3.63, 3.8) is 0 Å². The Morgan fingerprint density at radius 3 is 2.52 bits per heavy atom. The molecule has 1 heterocycles. The highest BCUT2D eigenvalue weighted by atomic mass is 32.1. The molecule has 0 fully saturated rings. The number of carbonyl (C=O) groups excluding carboxylic acids is 1. The van der Waals surface area contributed by atoms with E-state index in [-0.39, 0.29) is 17.5 Å². The fourth-order valence-electron chi connectivity index (χ4n) is 3.14. The Bertz CT molecular complexity index is 1100. The zero-order chi connectivity index (χ0) is 19.6. The van der Waals surface area contributed by atoms with Crippen molar-refractivity contribution in [1.29, 1.82) is 0 Å². The molecule has 0 bridgehead atoms. The third-order valence-electron chi connectivity index (χ3n) is 4.75. The molecule has 27 heavy (non-hydrogen) atoms. The third-order valence-corrected chi connectivity index (χ3v) is 5.08. The molecular weight excluding hydrogens is 358 g/mol. The van der Waals surface area contributed by atoms with E-state index in [1.807, 2.05) is 45.0 Å². The van der Waals surface area contributed by atoms with E-state index < -0.39 is 0 Å². The van der Waals surface area contributed by atoms with E-state index in [0.717, 1.165) is 12.0 Å². The molecule has 2 N–H and O–H groups in total. The lowest BCUT2D eigenvalue weighted by Crippen LogP contribution is -2.28. The molecule has 1 atom stereocenters. The number of amides is 1. The summed E-state index contributed by atoms with van der Waals surface area (Å²) in [6.07, 6.45) is 0.784. The van der Waals surface area contributed by atoms with E-state index in [1.54, 1.807) is 18.2 Å². The Labute approximate surface area is 163 Å². The number of rotatable bonds is 5. The van der Waals surface area contributed by atoms with E-state index in [4.69, 9.17) is 12.2 Å². The first-order chi connectivity index (χ1) is 12.9. The van der Waals surface area contributed by atoms with Gasteiger partial charge in [-0.2, -0.15) is 0 Å². The van der Waals surface area contributed by atoms with Crippen molar-refractivity contribution < 1.29 is 4.79 Å². The molecule has 1 unspecified atom stereocenters. The minimum Gasteiger partial charge on any atom is -0.345 e. The van der Waals surface area contributed by atoms with Crippen molar-refractivity contribution in [3.05, 3.63) is 74.3 Å². The Hall–Kier alpha value is -2.73. The molecule has 5 nitrogen and oxygen atoms in total. The Morgan fingerprint density at radius 2 is 1.89 bits per heavy atom. The highest BCUT2D eigenvalue weighted by Crippen LogP contribution is 2.19. The number of H-pyrrole nitrogens is 1. The molecule has 3 aromatic rings. The molecule has 1 amide bonds. The van der Waals surface area contributed by atoms with E-state index in [9.17, 15) is 9.59 Å². The summed E-state index contributed by atoms with van der Waals surface area (Å²) >= 11 is 5.25. The summed E-state index contributed by atoms with van der Waals surface area (Å²) < 4.78 is 1.86. The van der Waals surface area contributed by atoms with Gasteiger partial charge in [0.1, 0.15) is 0 Å². The largest absolute Gasteiger partial charge is 0.345 e. The van der Waals surface area contributed by atoms with Gasteiger partial charge in [-0.25, -0.2) is 0 Å². The van der Waals surface area contributed by atoms with Gasteiger partial charge in [-0.05, 0) is 56.2 Å². The quantitative estimate of drug-likeness (QED) is 0.649. The molecule has 0 saturated heterocycles. The van der Waals surface area contributed by atoms with Gasteiger partial charge in [-0.1, -0.05) is 36.8 Å². The molecule has 0 spiro atoms. The van der Waals surface area contributed by atoms with Crippen LogP contribution in [0.5, 0.6) is 0 Å². The van der Waals surface area contributed by atoms with Crippen LogP contribution in [0.25, 0.3) is 10.9 Å². The molecular formula is C21H23N3O2S. The van der Waals surface area contributed by atoms with Crippen LogP contribution in [0.4, 0.5) is 0 Å². The topological polar surface area (TPSA) is 66.9 Å². The van der Waals surface area contributed by atoms with Crippen LogP contribution >= 0.6 is 12.2 Å². The predicted octanol–water partition coefficient (Wildman–Crippen LogP) is 4.27. The summed E-state index contributed by atoms with van der Waals surface area (Å²) in [7, 11) is 0. The van der Waals surface area contributed by atoms with Crippen LogP contribution < -0.4 is 10.9 Å². The highest BCUT2D eigenvalue weighted by molar-refractivity contribution is 7.71. The second-order valence-electron chi connectivity index (χ2n) is 6.58. The van der Waals surface area contributed by atoms with Gasteiger partial charge in [-0.3, -0.25) is 14.2 Å². The number of carbonyl (C=O) groups is 1. The number of hydrogen-bond donors (Lipinski definition) is 2. The van der Waals surface area contributed by atoms with Gasteiger partial charge in [0.05, 0.1) is 16.9 Å². The fourth-order valence-corrected chi connectivity index (χ4v) is 3.47. The van der Waals surface area contributed by atoms with Crippen molar-refractivity contribution in [2.75, 3.05) is 0 Å². The normalized spacial score (nSPS) is 12.1. The maximum atomic E-state index is 12.8. The van der Waals surface area contributed by atoms with Crippen LogP contribution in [0.3, 0.4) is 0 Å². The fraction of sp³-hybridized carbons (Fsp3) is 0.286. The molecule has 3 rings (SSSR count). The van der Waals surface area contributed by atoms with E-state index in [2.05, 4.69) is 10.3 Å². The van der Waals surface area contributed by atoms with Crippen molar-refractivity contribution in [2.45, 2.75) is 39.8 Å². The standard InChI is InChI=1S/C21H23N3O2S/c1-4-17(14-8-6-13(3)7-9-14)22-19(25)15-10-11-16-18(12-15)23-21(27)24(5-2)20(16)26/h6-12,17H,4-5H2,1-3H3,(H,22,25)(H,23,27). The molecule has 0 aliphatic rings. The van der Waals surface area contributed by atoms with Crippen LogP contribution in [-0.2, 0) is 6.54 Å². The molecule has 0 radical (unpaired) electrons. The molecule has 0 saturated carbocycles. The summed E-state index contributed by atoms with van der Waals surface area (Å²) in [6, 6.07) is 13.1. The number of benzene rings is 2. The van der Waals surface area contributed by atoms with E-state index in [0.29, 0.717) is 27.8 Å². The minimum atomic E-state index is -0.177. The second-order valence-corrected chi connectivity index (χ2v) is 6.97. The van der Waals surface area contributed by atoms with Gasteiger partial charge < -0.3 is 10.3 Å². The number of aromatic nitrogens is 2. The maximum absolute atomic E-state index is 12.8. The lowest BCUT2D eigenvalue weighted by molar-refractivity contribution is 0.0935. The lowest BCUT2D eigenvalue weighted by Gasteiger charge is -2.18. The number of nitrogens with one attached hydrogen (secondary N) is 2. The van der Waals surface area contributed by atoms with Crippen molar-refractivity contribution in [3.8, 4) is 0 Å². The number of aromatic amines is 1. The summed E-state index contributed by atoms with van der Waals surface area (Å²) in [5.41, 5.74) is 3.18. The molecule has 1 aromatic heterocycles. The molecule has 0 aliphatic carbocycles. The summed E-state index contributed by atoms with van der Waals surface area (Å²) in [5.74, 6) is -0.177. The average molecular weight is 382 g/mol. The minimum absolute atomic E-state index is 0.0691. The van der Waals surface area contributed by atoms with Gasteiger partial charge in [-0.15, -0.1) is 0 Å². The average Bonchev–Trinajstić information content (AvgIpc) is 2.66. The van der Waals surface area contributed by atoms with Crippen LogP contribution in [0.1, 0.15) is 47.8 Å². The zero-order valence-corrected chi connectivity index (χ0v) is 16.5. The summed E-state index contributed by atoms with van der Waals surface area (Å²) in [6.45, 7) is 6.44. The summed E-state index contributed by atoms with van der Waals surface area (Å²) in [5, 5.41) is 3.59. The van der Waals surface area contributed by atoms with Crippen molar-refractivity contribution >= 4 is 29.0 Å². The second kappa shape index (κ2) is 7.88.